The summed E-state index contributed by atoms with van der Waals surface area (Å²) in [7, 11) is 0. The molecule has 0 heterocycles. The Morgan fingerprint density at radius 2 is 1.61 bits per heavy atom. The van der Waals surface area contributed by atoms with Crippen LogP contribution in [-0.4, -0.2) is 6.61 Å². The van der Waals surface area contributed by atoms with Crippen molar-refractivity contribution in [2.45, 2.75) is 10.3 Å². The highest BCUT2D eigenvalue weighted by Crippen LogP contribution is 2.35. The Morgan fingerprint density at radius 1 is 1.00 bits per heavy atom. The molecule has 0 saturated heterocycles. The highest BCUT2D eigenvalue weighted by molar-refractivity contribution is 7.99. The van der Waals surface area contributed by atoms with Crippen molar-refractivity contribution in [1.29, 1.82) is 0 Å². The van der Waals surface area contributed by atoms with E-state index < -0.39 is 0 Å². The van der Waals surface area contributed by atoms with Crippen molar-refractivity contribution in [3.63, 3.8) is 0 Å². The molecule has 2 rings (SSSR count). The molecule has 92 valence electrons. The third kappa shape index (κ3) is 3.76. The van der Waals surface area contributed by atoms with Gasteiger partial charge in [-0.3, -0.25) is 0 Å². The minimum Gasteiger partial charge on any atom is -0.358 e. The van der Waals surface area contributed by atoms with E-state index in [1.54, 1.807) is 17.8 Å². The van der Waals surface area contributed by atoms with Gasteiger partial charge in [-0.25, -0.2) is 0 Å². The molecule has 0 amide bonds. The van der Waals surface area contributed by atoms with Gasteiger partial charge in [-0.1, -0.05) is 66.4 Å². The SMILES string of the molecule is C=CCOC(Sc1ccccc1)c1ccccc1. The molecule has 0 bridgehead atoms. The highest BCUT2D eigenvalue weighted by atomic mass is 32.2. The van der Waals surface area contributed by atoms with E-state index in [1.165, 1.54) is 10.5 Å². The van der Waals surface area contributed by atoms with E-state index in [0.717, 1.165) is 0 Å². The van der Waals surface area contributed by atoms with Gasteiger partial charge >= 0.3 is 0 Å². The fourth-order valence-electron chi connectivity index (χ4n) is 1.59. The van der Waals surface area contributed by atoms with Gasteiger partial charge in [0.25, 0.3) is 0 Å². The van der Waals surface area contributed by atoms with Crippen LogP contribution < -0.4 is 0 Å². The molecular weight excluding hydrogens is 240 g/mol. The third-order valence-corrected chi connectivity index (χ3v) is 3.59. The molecule has 0 radical (unpaired) electrons. The Labute approximate surface area is 112 Å². The summed E-state index contributed by atoms with van der Waals surface area (Å²) in [6.07, 6.45) is 1.78. The zero-order chi connectivity index (χ0) is 12.6. The van der Waals surface area contributed by atoms with Crippen LogP contribution in [0.15, 0.2) is 78.2 Å². The molecule has 0 aromatic heterocycles. The van der Waals surface area contributed by atoms with Crippen LogP contribution in [0.4, 0.5) is 0 Å². The average molecular weight is 256 g/mol. The van der Waals surface area contributed by atoms with E-state index in [4.69, 9.17) is 4.74 Å². The first-order chi connectivity index (χ1) is 8.90. The third-order valence-electron chi connectivity index (χ3n) is 2.42. The lowest BCUT2D eigenvalue weighted by Gasteiger charge is -2.17. The topological polar surface area (TPSA) is 9.23 Å². The molecule has 0 N–H and O–H groups in total. The van der Waals surface area contributed by atoms with E-state index in [9.17, 15) is 0 Å². The van der Waals surface area contributed by atoms with Crippen molar-refractivity contribution in [1.82, 2.24) is 0 Å². The van der Waals surface area contributed by atoms with Crippen molar-refractivity contribution in [2.24, 2.45) is 0 Å². The number of thioether (sulfide) groups is 1. The Hall–Kier alpha value is -1.51. The molecule has 2 aromatic rings. The summed E-state index contributed by atoms with van der Waals surface area (Å²) in [6, 6.07) is 20.5. The van der Waals surface area contributed by atoms with Crippen LogP contribution in [0.1, 0.15) is 11.0 Å². The molecule has 2 heteroatoms. The van der Waals surface area contributed by atoms with Crippen molar-refractivity contribution in [3.05, 3.63) is 78.9 Å². The minimum absolute atomic E-state index is 0.00611. The number of ether oxygens (including phenoxy) is 1. The van der Waals surface area contributed by atoms with Gasteiger partial charge in [0.05, 0.1) is 6.61 Å². The molecule has 0 aliphatic carbocycles. The number of rotatable bonds is 6. The summed E-state index contributed by atoms with van der Waals surface area (Å²) in [5.41, 5.74) is 1.18. The van der Waals surface area contributed by atoms with Gasteiger partial charge in [0.1, 0.15) is 5.44 Å². The largest absolute Gasteiger partial charge is 0.358 e. The Morgan fingerprint density at radius 3 is 2.22 bits per heavy atom. The number of benzene rings is 2. The second-order valence-corrected chi connectivity index (χ2v) is 4.93. The van der Waals surface area contributed by atoms with Gasteiger partial charge in [-0.2, -0.15) is 0 Å². The Balaban J connectivity index is 2.13. The van der Waals surface area contributed by atoms with E-state index in [0.29, 0.717) is 6.61 Å². The van der Waals surface area contributed by atoms with Gasteiger partial charge in [-0.05, 0) is 17.7 Å². The van der Waals surface area contributed by atoms with Gasteiger partial charge < -0.3 is 4.74 Å². The van der Waals surface area contributed by atoms with E-state index >= 15 is 0 Å². The molecule has 0 aliphatic rings. The Bertz CT molecular complexity index is 467. The zero-order valence-electron chi connectivity index (χ0n) is 10.2. The maximum atomic E-state index is 5.83. The van der Waals surface area contributed by atoms with E-state index in [1.807, 2.05) is 36.4 Å². The molecule has 1 atom stereocenters. The van der Waals surface area contributed by atoms with Crippen LogP contribution in [0.5, 0.6) is 0 Å². The predicted octanol–water partition coefficient (Wildman–Crippen LogP) is 4.68. The normalized spacial score (nSPS) is 12.0. The van der Waals surface area contributed by atoms with Crippen LogP contribution >= 0.6 is 11.8 Å². The first-order valence-corrected chi connectivity index (χ1v) is 6.77. The molecule has 0 saturated carbocycles. The fourth-order valence-corrected chi connectivity index (χ4v) is 2.59. The van der Waals surface area contributed by atoms with Crippen LogP contribution in [0.25, 0.3) is 0 Å². The van der Waals surface area contributed by atoms with E-state index in [-0.39, 0.29) is 5.44 Å². The molecule has 18 heavy (non-hydrogen) atoms. The average Bonchev–Trinajstić information content (AvgIpc) is 2.45. The molecular formula is C16H16OS. The Kier molecular flexibility index (Phi) is 5.06. The lowest BCUT2D eigenvalue weighted by atomic mass is 10.2. The maximum absolute atomic E-state index is 5.83. The van der Waals surface area contributed by atoms with Crippen molar-refractivity contribution < 1.29 is 4.74 Å². The van der Waals surface area contributed by atoms with Gasteiger partial charge in [0.2, 0.25) is 0 Å². The molecule has 0 fully saturated rings. The van der Waals surface area contributed by atoms with Crippen LogP contribution in [0, 0.1) is 0 Å². The molecule has 2 aromatic carbocycles. The van der Waals surface area contributed by atoms with Crippen molar-refractivity contribution in [3.8, 4) is 0 Å². The summed E-state index contributed by atoms with van der Waals surface area (Å²) < 4.78 is 5.83. The quantitative estimate of drug-likeness (QED) is 0.421. The lowest BCUT2D eigenvalue weighted by molar-refractivity contribution is 0.140. The summed E-state index contributed by atoms with van der Waals surface area (Å²) in [4.78, 5) is 1.20. The minimum atomic E-state index is 0.00611. The second kappa shape index (κ2) is 7.04. The van der Waals surface area contributed by atoms with Gasteiger partial charge in [0, 0.05) is 4.90 Å². The van der Waals surface area contributed by atoms with E-state index in [2.05, 4.69) is 30.8 Å². The molecule has 1 nitrogen and oxygen atoms in total. The number of hydrogen-bond donors (Lipinski definition) is 0. The second-order valence-electron chi connectivity index (χ2n) is 3.80. The summed E-state index contributed by atoms with van der Waals surface area (Å²) in [5.74, 6) is 0. The smallest absolute Gasteiger partial charge is 0.133 e. The van der Waals surface area contributed by atoms with Crippen molar-refractivity contribution in [2.75, 3.05) is 6.61 Å². The van der Waals surface area contributed by atoms with Gasteiger partial charge in [0.15, 0.2) is 0 Å². The maximum Gasteiger partial charge on any atom is 0.133 e. The molecule has 1 unspecified atom stereocenters. The summed E-state index contributed by atoms with van der Waals surface area (Å²) in [5, 5.41) is 0. The van der Waals surface area contributed by atoms with Crippen molar-refractivity contribution >= 4 is 11.8 Å². The standard InChI is InChI=1S/C16H16OS/c1-2-13-17-16(14-9-5-3-6-10-14)18-15-11-7-4-8-12-15/h2-12,16H,1,13H2. The fraction of sp³-hybridized carbons (Fsp3) is 0.125. The molecule has 0 spiro atoms. The monoisotopic (exact) mass is 256 g/mol. The summed E-state index contributed by atoms with van der Waals surface area (Å²) in [6.45, 7) is 4.25. The zero-order valence-corrected chi connectivity index (χ0v) is 11.0. The first-order valence-electron chi connectivity index (χ1n) is 5.89. The van der Waals surface area contributed by atoms with Crippen LogP contribution in [-0.2, 0) is 4.74 Å². The predicted molar refractivity (Wildman–Crippen MR) is 77.6 cm³/mol. The lowest BCUT2D eigenvalue weighted by Crippen LogP contribution is -2.00. The highest BCUT2D eigenvalue weighted by Gasteiger charge is 2.12. The number of hydrogen-bond acceptors (Lipinski definition) is 2. The van der Waals surface area contributed by atoms with Crippen LogP contribution in [0.3, 0.4) is 0 Å². The van der Waals surface area contributed by atoms with Crippen LogP contribution in [0.2, 0.25) is 0 Å². The first kappa shape index (κ1) is 12.9. The summed E-state index contributed by atoms with van der Waals surface area (Å²) >= 11 is 1.71. The molecule has 0 aliphatic heterocycles. The van der Waals surface area contributed by atoms with Gasteiger partial charge in [-0.15, -0.1) is 6.58 Å².